The lowest BCUT2D eigenvalue weighted by molar-refractivity contribution is 0.0286. The number of halogens is 3. The molecule has 0 radical (unpaired) electrons. The van der Waals surface area contributed by atoms with Gasteiger partial charge in [0.05, 0.1) is 35.2 Å². The summed E-state index contributed by atoms with van der Waals surface area (Å²) in [7, 11) is 0. The molecule has 1 fully saturated rings. The third-order valence-corrected chi connectivity index (χ3v) is 4.64. The lowest BCUT2D eigenvalue weighted by atomic mass is 10.0. The molecule has 3 aromatic rings. The van der Waals surface area contributed by atoms with Crippen LogP contribution in [0.2, 0.25) is 0 Å². The molecule has 0 aliphatic carbocycles. The molecule has 9 heteroatoms. The zero-order valence-electron chi connectivity index (χ0n) is 14.6. The van der Waals surface area contributed by atoms with E-state index in [2.05, 4.69) is 10.3 Å². The summed E-state index contributed by atoms with van der Waals surface area (Å²) in [5.74, 6) is -4.08. The molecule has 0 bridgehead atoms. The van der Waals surface area contributed by atoms with Crippen molar-refractivity contribution in [1.82, 2.24) is 14.7 Å². The van der Waals surface area contributed by atoms with Gasteiger partial charge in [-0.3, -0.25) is 0 Å². The van der Waals surface area contributed by atoms with Crippen molar-refractivity contribution in [2.24, 2.45) is 0 Å². The molecule has 4 rings (SSSR count). The average molecular weight is 391 g/mol. The molecule has 2 N–H and O–H groups in total. The first-order valence-corrected chi connectivity index (χ1v) is 8.65. The SMILES string of the molecule is O=C(O)c1cc(F)c(-c2nc3cc(F)ccn3c2C[C@H]2CNCCO2)c(F)c1. The maximum atomic E-state index is 14.7. The molecule has 0 spiro atoms. The summed E-state index contributed by atoms with van der Waals surface area (Å²) in [4.78, 5) is 15.3. The van der Waals surface area contributed by atoms with Crippen LogP contribution >= 0.6 is 0 Å². The summed E-state index contributed by atoms with van der Waals surface area (Å²) in [6, 6.07) is 3.87. The van der Waals surface area contributed by atoms with Crippen LogP contribution in [0.1, 0.15) is 16.1 Å². The molecule has 0 saturated carbocycles. The number of imidazole rings is 1. The molecule has 0 amide bonds. The number of ether oxygens (including phenoxy) is 1. The van der Waals surface area contributed by atoms with Gasteiger partial charge in [0, 0.05) is 31.8 Å². The second kappa shape index (κ2) is 7.25. The smallest absolute Gasteiger partial charge is 0.335 e. The van der Waals surface area contributed by atoms with Gasteiger partial charge in [0.25, 0.3) is 0 Å². The fourth-order valence-electron chi connectivity index (χ4n) is 3.36. The Kier molecular flexibility index (Phi) is 4.78. The zero-order chi connectivity index (χ0) is 19.8. The number of carbonyl (C=O) groups is 1. The van der Waals surface area contributed by atoms with Crippen LogP contribution in [0.5, 0.6) is 0 Å². The standard InChI is InChI=1S/C19H16F3N3O3/c20-11-1-3-25-15(8-12-9-23-2-4-28-12)18(24-16(25)7-11)17-13(21)5-10(19(26)27)6-14(17)22/h1,3,5-7,12,23H,2,4,8-9H2,(H,26,27)/t12-/m0/s1. The van der Waals surface area contributed by atoms with E-state index < -0.39 is 34.5 Å². The van der Waals surface area contributed by atoms with E-state index in [4.69, 9.17) is 9.84 Å². The molecule has 3 heterocycles. The molecule has 6 nitrogen and oxygen atoms in total. The molecule has 146 valence electrons. The van der Waals surface area contributed by atoms with Crippen LogP contribution in [0.25, 0.3) is 16.9 Å². The Hall–Kier alpha value is -2.91. The number of carboxylic acids is 1. The Morgan fingerprint density at radius 1 is 1.29 bits per heavy atom. The first-order valence-electron chi connectivity index (χ1n) is 8.65. The number of aromatic carboxylic acids is 1. The largest absolute Gasteiger partial charge is 0.478 e. The summed E-state index contributed by atoms with van der Waals surface area (Å²) in [6.07, 6.45) is 1.48. The minimum absolute atomic E-state index is 0.00767. The lowest BCUT2D eigenvalue weighted by Gasteiger charge is -2.23. The van der Waals surface area contributed by atoms with Crippen molar-refractivity contribution in [3.8, 4) is 11.3 Å². The van der Waals surface area contributed by atoms with Gasteiger partial charge in [-0.2, -0.15) is 0 Å². The monoisotopic (exact) mass is 391 g/mol. The minimum atomic E-state index is -1.44. The number of hydrogen-bond donors (Lipinski definition) is 2. The summed E-state index contributed by atoms with van der Waals surface area (Å²) in [5, 5.41) is 12.2. The Balaban J connectivity index is 1.88. The number of hydrogen-bond acceptors (Lipinski definition) is 4. The number of fused-ring (bicyclic) bond motifs is 1. The Labute approximate surface area is 157 Å². The quantitative estimate of drug-likeness (QED) is 0.715. The van der Waals surface area contributed by atoms with Crippen molar-refractivity contribution < 1.29 is 27.8 Å². The highest BCUT2D eigenvalue weighted by molar-refractivity contribution is 5.88. The van der Waals surface area contributed by atoms with Crippen molar-refractivity contribution in [2.45, 2.75) is 12.5 Å². The first kappa shape index (κ1) is 18.5. The van der Waals surface area contributed by atoms with Gasteiger partial charge in [0.2, 0.25) is 0 Å². The fraction of sp³-hybridized carbons (Fsp3) is 0.263. The van der Waals surface area contributed by atoms with Crippen molar-refractivity contribution >= 4 is 11.6 Å². The van der Waals surface area contributed by atoms with Crippen LogP contribution in [-0.4, -0.2) is 46.3 Å². The van der Waals surface area contributed by atoms with Crippen LogP contribution in [0.15, 0.2) is 30.5 Å². The maximum Gasteiger partial charge on any atom is 0.335 e. The number of benzene rings is 1. The van der Waals surface area contributed by atoms with E-state index in [1.54, 1.807) is 4.40 Å². The predicted octanol–water partition coefficient (Wildman–Crippen LogP) is 2.65. The number of morpholine rings is 1. The molecule has 2 aromatic heterocycles. The van der Waals surface area contributed by atoms with Gasteiger partial charge < -0.3 is 19.6 Å². The molecule has 0 unspecified atom stereocenters. The van der Waals surface area contributed by atoms with E-state index in [0.717, 1.165) is 18.2 Å². The van der Waals surface area contributed by atoms with Gasteiger partial charge in [-0.15, -0.1) is 0 Å². The molecule has 1 aromatic carbocycles. The number of aromatic nitrogens is 2. The zero-order valence-corrected chi connectivity index (χ0v) is 14.6. The van der Waals surface area contributed by atoms with E-state index in [0.29, 0.717) is 25.4 Å². The highest BCUT2D eigenvalue weighted by Gasteiger charge is 2.25. The number of rotatable bonds is 4. The van der Waals surface area contributed by atoms with Gasteiger partial charge >= 0.3 is 5.97 Å². The molecule has 1 aliphatic heterocycles. The maximum absolute atomic E-state index is 14.7. The third kappa shape index (κ3) is 3.34. The van der Waals surface area contributed by atoms with Gasteiger partial charge in [0.15, 0.2) is 0 Å². The summed E-state index contributed by atoms with van der Waals surface area (Å²) >= 11 is 0. The molecule has 1 aliphatic rings. The second-order valence-electron chi connectivity index (χ2n) is 6.50. The van der Waals surface area contributed by atoms with Crippen LogP contribution in [0, 0.1) is 17.5 Å². The highest BCUT2D eigenvalue weighted by atomic mass is 19.1. The summed E-state index contributed by atoms with van der Waals surface area (Å²) < 4.78 is 50.2. The van der Waals surface area contributed by atoms with Crippen molar-refractivity contribution in [3.05, 3.63) is 59.2 Å². The first-order chi connectivity index (χ1) is 13.4. The van der Waals surface area contributed by atoms with Crippen LogP contribution in [-0.2, 0) is 11.2 Å². The lowest BCUT2D eigenvalue weighted by Crippen LogP contribution is -2.39. The van der Waals surface area contributed by atoms with Crippen molar-refractivity contribution in [3.63, 3.8) is 0 Å². The number of nitrogens with one attached hydrogen (secondary N) is 1. The van der Waals surface area contributed by atoms with E-state index in [9.17, 15) is 18.0 Å². The molecule has 28 heavy (non-hydrogen) atoms. The normalized spacial score (nSPS) is 17.2. The number of pyridine rings is 1. The van der Waals surface area contributed by atoms with Gasteiger partial charge in [-0.05, 0) is 18.2 Å². The third-order valence-electron chi connectivity index (χ3n) is 4.64. The van der Waals surface area contributed by atoms with Crippen LogP contribution in [0.4, 0.5) is 13.2 Å². The molecular formula is C19H16F3N3O3. The number of carboxylic acid groups (broad SMARTS) is 1. The van der Waals surface area contributed by atoms with Crippen LogP contribution < -0.4 is 5.32 Å². The van der Waals surface area contributed by atoms with E-state index in [1.165, 1.54) is 12.3 Å². The highest BCUT2D eigenvalue weighted by Crippen LogP contribution is 2.31. The van der Waals surface area contributed by atoms with E-state index in [-0.39, 0.29) is 23.9 Å². The van der Waals surface area contributed by atoms with Gasteiger partial charge in [0.1, 0.15) is 23.1 Å². The fourth-order valence-corrected chi connectivity index (χ4v) is 3.36. The van der Waals surface area contributed by atoms with E-state index in [1.807, 2.05) is 0 Å². The predicted molar refractivity (Wildman–Crippen MR) is 93.8 cm³/mol. The minimum Gasteiger partial charge on any atom is -0.478 e. The van der Waals surface area contributed by atoms with Gasteiger partial charge in [-0.1, -0.05) is 0 Å². The van der Waals surface area contributed by atoms with E-state index >= 15 is 0 Å². The van der Waals surface area contributed by atoms with Crippen LogP contribution in [0.3, 0.4) is 0 Å². The summed E-state index contributed by atoms with van der Waals surface area (Å²) in [6.45, 7) is 1.76. The van der Waals surface area contributed by atoms with Crippen molar-refractivity contribution in [1.29, 1.82) is 0 Å². The topological polar surface area (TPSA) is 75.9 Å². The molecule has 1 atom stereocenters. The second-order valence-corrected chi connectivity index (χ2v) is 6.50. The average Bonchev–Trinajstić information content (AvgIpc) is 2.99. The summed E-state index contributed by atoms with van der Waals surface area (Å²) in [5.41, 5.74) is -0.325. The number of nitrogens with zero attached hydrogens (tertiary/aromatic N) is 2. The van der Waals surface area contributed by atoms with Crippen molar-refractivity contribution in [2.75, 3.05) is 19.7 Å². The Morgan fingerprint density at radius 3 is 2.68 bits per heavy atom. The Bertz CT molecular complexity index is 1040. The Morgan fingerprint density at radius 2 is 2.04 bits per heavy atom. The molecule has 1 saturated heterocycles. The molecular weight excluding hydrogens is 375 g/mol. The van der Waals surface area contributed by atoms with Gasteiger partial charge in [-0.25, -0.2) is 22.9 Å².